The first-order chi connectivity index (χ1) is 14.1. The summed E-state index contributed by atoms with van der Waals surface area (Å²) in [5.41, 5.74) is 5.39. The van der Waals surface area contributed by atoms with E-state index in [0.717, 1.165) is 0 Å². The van der Waals surface area contributed by atoms with Crippen LogP contribution in [-0.4, -0.2) is 45.4 Å². The lowest BCUT2D eigenvalue weighted by Crippen LogP contribution is -2.20. The average molecular weight is 428 g/mol. The minimum Gasteiger partial charge on any atom is -0.493 e. The SMILES string of the molecule is COc1cc(C(=O)Nc2cccc(OCC(F)(F)F)c2)cc(OC)c1OCC(N)=O. The first kappa shape index (κ1) is 22.7. The van der Waals surface area contributed by atoms with Gasteiger partial charge in [0, 0.05) is 17.3 Å². The predicted molar refractivity (Wildman–Crippen MR) is 100 cm³/mol. The molecule has 0 aromatic heterocycles. The minimum absolute atomic E-state index is 0.0597. The van der Waals surface area contributed by atoms with Crippen molar-refractivity contribution in [2.24, 2.45) is 5.73 Å². The van der Waals surface area contributed by atoms with Crippen LogP contribution < -0.4 is 30.0 Å². The molecule has 3 N–H and O–H groups in total. The molecule has 11 heteroatoms. The van der Waals surface area contributed by atoms with Crippen LogP contribution in [0, 0.1) is 0 Å². The minimum atomic E-state index is -4.48. The zero-order chi connectivity index (χ0) is 22.3. The van der Waals surface area contributed by atoms with E-state index in [1.54, 1.807) is 0 Å². The van der Waals surface area contributed by atoms with E-state index < -0.39 is 31.2 Å². The molecule has 30 heavy (non-hydrogen) atoms. The van der Waals surface area contributed by atoms with Gasteiger partial charge >= 0.3 is 6.18 Å². The van der Waals surface area contributed by atoms with Crippen molar-refractivity contribution in [2.75, 3.05) is 32.8 Å². The number of amides is 2. The second-order valence-electron chi connectivity index (χ2n) is 5.85. The third-order valence-corrected chi connectivity index (χ3v) is 3.58. The number of hydrogen-bond donors (Lipinski definition) is 2. The van der Waals surface area contributed by atoms with Gasteiger partial charge in [-0.3, -0.25) is 9.59 Å². The van der Waals surface area contributed by atoms with Crippen LogP contribution in [0.15, 0.2) is 36.4 Å². The highest BCUT2D eigenvalue weighted by molar-refractivity contribution is 6.05. The molecule has 2 aromatic rings. The number of halogens is 3. The van der Waals surface area contributed by atoms with Crippen molar-refractivity contribution in [2.45, 2.75) is 6.18 Å². The summed E-state index contributed by atoms with van der Waals surface area (Å²) in [5.74, 6) is -1.06. The highest BCUT2D eigenvalue weighted by Gasteiger charge is 2.28. The molecule has 0 bridgehead atoms. The van der Waals surface area contributed by atoms with Crippen molar-refractivity contribution >= 4 is 17.5 Å². The molecule has 0 aliphatic carbocycles. The number of carbonyl (C=O) groups excluding carboxylic acids is 2. The average Bonchev–Trinajstić information content (AvgIpc) is 2.69. The van der Waals surface area contributed by atoms with Gasteiger partial charge in [-0.25, -0.2) is 0 Å². The van der Waals surface area contributed by atoms with Crippen LogP contribution in [0.3, 0.4) is 0 Å². The maximum absolute atomic E-state index is 12.6. The number of hydrogen-bond acceptors (Lipinski definition) is 6. The summed E-state index contributed by atoms with van der Waals surface area (Å²) in [6.07, 6.45) is -4.48. The van der Waals surface area contributed by atoms with Crippen LogP contribution in [-0.2, 0) is 4.79 Å². The van der Waals surface area contributed by atoms with Gasteiger partial charge in [0.05, 0.1) is 14.2 Å². The molecule has 0 unspecified atom stereocenters. The summed E-state index contributed by atoms with van der Waals surface area (Å²) < 4.78 is 57.2. The summed E-state index contributed by atoms with van der Waals surface area (Å²) in [4.78, 5) is 23.6. The summed E-state index contributed by atoms with van der Waals surface area (Å²) >= 11 is 0. The molecule has 0 aliphatic rings. The molecular formula is C19H19F3N2O6. The van der Waals surface area contributed by atoms with Gasteiger partial charge in [0.25, 0.3) is 11.8 Å². The molecule has 0 heterocycles. The van der Waals surface area contributed by atoms with Crippen LogP contribution in [0.5, 0.6) is 23.0 Å². The first-order valence-electron chi connectivity index (χ1n) is 8.41. The fourth-order valence-corrected chi connectivity index (χ4v) is 2.33. The topological polar surface area (TPSA) is 109 Å². The molecule has 0 atom stereocenters. The van der Waals surface area contributed by atoms with Crippen LogP contribution in [0.4, 0.5) is 18.9 Å². The number of primary amides is 1. The maximum atomic E-state index is 12.6. The van der Waals surface area contributed by atoms with Gasteiger partial charge in [-0.1, -0.05) is 6.07 Å². The van der Waals surface area contributed by atoms with Gasteiger partial charge in [0.2, 0.25) is 5.75 Å². The largest absolute Gasteiger partial charge is 0.493 e. The molecule has 0 spiro atoms. The number of carbonyl (C=O) groups is 2. The predicted octanol–water partition coefficient (Wildman–Crippen LogP) is 2.76. The second kappa shape index (κ2) is 9.72. The number of ether oxygens (including phenoxy) is 4. The molecule has 0 fully saturated rings. The molecule has 162 valence electrons. The lowest BCUT2D eigenvalue weighted by atomic mass is 10.1. The fourth-order valence-electron chi connectivity index (χ4n) is 2.33. The summed E-state index contributed by atoms with van der Waals surface area (Å²) in [6, 6.07) is 8.19. The number of anilines is 1. The van der Waals surface area contributed by atoms with Gasteiger partial charge in [-0.15, -0.1) is 0 Å². The molecule has 2 amide bonds. The lowest BCUT2D eigenvalue weighted by molar-refractivity contribution is -0.153. The third-order valence-electron chi connectivity index (χ3n) is 3.58. The molecule has 0 aliphatic heterocycles. The molecule has 2 aromatic carbocycles. The Kier molecular flexibility index (Phi) is 7.34. The van der Waals surface area contributed by atoms with E-state index in [1.807, 2.05) is 0 Å². The van der Waals surface area contributed by atoms with E-state index in [-0.39, 0.29) is 34.2 Å². The van der Waals surface area contributed by atoms with E-state index in [1.165, 1.54) is 50.6 Å². The Morgan fingerprint density at radius 3 is 2.20 bits per heavy atom. The molecule has 2 rings (SSSR count). The van der Waals surface area contributed by atoms with Crippen molar-refractivity contribution in [1.29, 1.82) is 0 Å². The number of rotatable bonds is 9. The fraction of sp³-hybridized carbons (Fsp3) is 0.263. The smallest absolute Gasteiger partial charge is 0.422 e. The van der Waals surface area contributed by atoms with Crippen molar-refractivity contribution in [1.82, 2.24) is 0 Å². The Morgan fingerprint density at radius 2 is 1.67 bits per heavy atom. The number of nitrogens with one attached hydrogen (secondary N) is 1. The number of alkyl halides is 3. The first-order valence-corrected chi connectivity index (χ1v) is 8.41. The van der Waals surface area contributed by atoms with Crippen LogP contribution in [0.25, 0.3) is 0 Å². The van der Waals surface area contributed by atoms with E-state index in [9.17, 15) is 22.8 Å². The van der Waals surface area contributed by atoms with Crippen LogP contribution in [0.1, 0.15) is 10.4 Å². The van der Waals surface area contributed by atoms with E-state index >= 15 is 0 Å². The van der Waals surface area contributed by atoms with Gasteiger partial charge < -0.3 is 30.0 Å². The molecule has 0 radical (unpaired) electrons. The zero-order valence-electron chi connectivity index (χ0n) is 16.0. The Bertz CT molecular complexity index is 892. The van der Waals surface area contributed by atoms with Crippen molar-refractivity contribution in [3.05, 3.63) is 42.0 Å². The summed E-state index contributed by atoms with van der Waals surface area (Å²) in [7, 11) is 2.66. The normalized spacial score (nSPS) is 10.8. The Balaban J connectivity index is 2.21. The lowest BCUT2D eigenvalue weighted by Gasteiger charge is -2.15. The quantitative estimate of drug-likeness (QED) is 0.636. The van der Waals surface area contributed by atoms with Crippen LogP contribution in [0.2, 0.25) is 0 Å². The Hall–Kier alpha value is -3.63. The van der Waals surface area contributed by atoms with E-state index in [0.29, 0.717) is 0 Å². The molecule has 0 saturated heterocycles. The maximum Gasteiger partial charge on any atom is 0.422 e. The third kappa shape index (κ3) is 6.47. The number of methoxy groups -OCH3 is 2. The van der Waals surface area contributed by atoms with Crippen molar-refractivity contribution in [3.63, 3.8) is 0 Å². The molecule has 0 saturated carbocycles. The highest BCUT2D eigenvalue weighted by Crippen LogP contribution is 2.38. The van der Waals surface area contributed by atoms with Gasteiger partial charge in [0.15, 0.2) is 24.7 Å². The summed E-state index contributed by atoms with van der Waals surface area (Å²) in [5, 5.41) is 2.54. The zero-order valence-corrected chi connectivity index (χ0v) is 16.0. The molecular weight excluding hydrogens is 409 g/mol. The van der Waals surface area contributed by atoms with Crippen molar-refractivity contribution < 1.29 is 41.7 Å². The Labute approximate surface area is 169 Å². The molecule has 8 nitrogen and oxygen atoms in total. The number of nitrogens with two attached hydrogens (primary N) is 1. The standard InChI is InChI=1S/C19H19F3N2O6/c1-27-14-6-11(7-15(28-2)17(14)29-9-16(23)25)18(26)24-12-4-3-5-13(8-12)30-10-19(20,21)22/h3-8H,9-10H2,1-2H3,(H2,23,25)(H,24,26). The van der Waals surface area contributed by atoms with E-state index in [2.05, 4.69) is 10.1 Å². The highest BCUT2D eigenvalue weighted by atomic mass is 19.4. The number of benzene rings is 2. The van der Waals surface area contributed by atoms with Crippen molar-refractivity contribution in [3.8, 4) is 23.0 Å². The monoisotopic (exact) mass is 428 g/mol. The Morgan fingerprint density at radius 1 is 1.03 bits per heavy atom. The van der Waals surface area contributed by atoms with E-state index in [4.69, 9.17) is 19.9 Å². The van der Waals surface area contributed by atoms with Gasteiger partial charge in [-0.05, 0) is 24.3 Å². The summed E-state index contributed by atoms with van der Waals surface area (Å²) in [6.45, 7) is -1.88. The van der Waals surface area contributed by atoms with Gasteiger partial charge in [-0.2, -0.15) is 13.2 Å². The second-order valence-corrected chi connectivity index (χ2v) is 5.85. The van der Waals surface area contributed by atoms with Crippen LogP contribution >= 0.6 is 0 Å². The van der Waals surface area contributed by atoms with Gasteiger partial charge in [0.1, 0.15) is 5.75 Å².